The molecule has 0 bridgehead atoms. The fourth-order valence-corrected chi connectivity index (χ4v) is 3.21. The molecular formula is C20H19NO6. The van der Waals surface area contributed by atoms with Crippen molar-refractivity contribution in [3.63, 3.8) is 0 Å². The summed E-state index contributed by atoms with van der Waals surface area (Å²) >= 11 is 0. The van der Waals surface area contributed by atoms with Gasteiger partial charge < -0.3 is 14.9 Å². The molecule has 1 aliphatic heterocycles. The third kappa shape index (κ3) is 3.29. The summed E-state index contributed by atoms with van der Waals surface area (Å²) in [7, 11) is 0. The number of nitrogens with zero attached hydrogens (tertiary/aromatic N) is 1. The van der Waals surface area contributed by atoms with Gasteiger partial charge in [-0.1, -0.05) is 30.3 Å². The summed E-state index contributed by atoms with van der Waals surface area (Å²) in [5, 5.41) is 21.0. The first kappa shape index (κ1) is 18.6. The van der Waals surface area contributed by atoms with Crippen molar-refractivity contribution in [3.05, 3.63) is 59.7 Å². The lowest BCUT2D eigenvalue weighted by atomic mass is 9.88. The largest absolute Gasteiger partial charge is 0.507 e. The fraction of sp³-hybridized carbons (Fsp3) is 0.250. The second-order valence-corrected chi connectivity index (χ2v) is 6.19. The summed E-state index contributed by atoms with van der Waals surface area (Å²) in [5.74, 6) is -2.21. The third-order valence-electron chi connectivity index (χ3n) is 4.45. The summed E-state index contributed by atoms with van der Waals surface area (Å²) in [6.07, 6.45) is -0.556. The molecule has 3 rings (SSSR count). The van der Waals surface area contributed by atoms with Crippen molar-refractivity contribution in [2.75, 3.05) is 18.1 Å². The van der Waals surface area contributed by atoms with Gasteiger partial charge in [-0.2, -0.15) is 0 Å². The van der Waals surface area contributed by atoms with Crippen molar-refractivity contribution < 1.29 is 29.3 Å². The molecule has 0 saturated heterocycles. The zero-order chi connectivity index (χ0) is 19.6. The Kier molecular flexibility index (Phi) is 4.96. The number of hydrogen-bond acceptors (Lipinski definition) is 6. The van der Waals surface area contributed by atoms with E-state index >= 15 is 0 Å². The van der Waals surface area contributed by atoms with Crippen molar-refractivity contribution >= 4 is 23.3 Å². The Hall–Kier alpha value is -3.19. The summed E-state index contributed by atoms with van der Waals surface area (Å²) in [5.41, 5.74) is -1.52. The number of carbonyl (C=O) groups is 3. The molecule has 0 unspecified atom stereocenters. The summed E-state index contributed by atoms with van der Waals surface area (Å²) in [6.45, 7) is 1.45. The van der Waals surface area contributed by atoms with Gasteiger partial charge in [-0.3, -0.25) is 19.3 Å². The number of carbonyl (C=O) groups excluding carboxylic acids is 3. The van der Waals surface area contributed by atoms with E-state index in [-0.39, 0.29) is 30.0 Å². The maximum absolute atomic E-state index is 12.9. The molecule has 0 spiro atoms. The van der Waals surface area contributed by atoms with E-state index in [1.165, 1.54) is 18.2 Å². The van der Waals surface area contributed by atoms with Gasteiger partial charge in [0, 0.05) is 5.56 Å². The minimum absolute atomic E-state index is 0.0139. The molecule has 0 aliphatic carbocycles. The minimum atomic E-state index is -2.12. The summed E-state index contributed by atoms with van der Waals surface area (Å²) in [6, 6.07) is 12.4. The zero-order valence-electron chi connectivity index (χ0n) is 14.7. The molecule has 0 saturated carbocycles. The maximum atomic E-state index is 12.9. The number of amides is 1. The van der Waals surface area contributed by atoms with E-state index in [4.69, 9.17) is 4.74 Å². The van der Waals surface area contributed by atoms with Gasteiger partial charge in [-0.05, 0) is 25.1 Å². The predicted octanol–water partition coefficient (Wildman–Crippen LogP) is 1.76. The van der Waals surface area contributed by atoms with Gasteiger partial charge in [-0.25, -0.2) is 0 Å². The molecule has 1 atom stereocenters. The van der Waals surface area contributed by atoms with Gasteiger partial charge in [0.1, 0.15) is 12.3 Å². The van der Waals surface area contributed by atoms with Gasteiger partial charge in [-0.15, -0.1) is 0 Å². The van der Waals surface area contributed by atoms with Crippen LogP contribution in [0.25, 0.3) is 0 Å². The molecule has 27 heavy (non-hydrogen) atoms. The number of phenolic OH excluding ortho intramolecular Hbond substituents is 1. The second kappa shape index (κ2) is 7.20. The lowest BCUT2D eigenvalue weighted by Gasteiger charge is -2.22. The number of anilines is 1. The number of para-hydroxylation sites is 2. The molecule has 7 nitrogen and oxygen atoms in total. The van der Waals surface area contributed by atoms with Crippen LogP contribution in [0.5, 0.6) is 5.75 Å². The van der Waals surface area contributed by atoms with E-state index in [0.29, 0.717) is 5.69 Å². The molecular weight excluding hydrogens is 350 g/mol. The first-order valence-electron chi connectivity index (χ1n) is 8.49. The normalized spacial score (nSPS) is 18.3. The topological polar surface area (TPSA) is 104 Å². The van der Waals surface area contributed by atoms with Crippen LogP contribution >= 0.6 is 0 Å². The molecule has 0 fully saturated rings. The Morgan fingerprint density at radius 3 is 2.48 bits per heavy atom. The number of fused-ring (bicyclic) bond motifs is 1. The molecule has 0 radical (unpaired) electrons. The molecule has 1 amide bonds. The van der Waals surface area contributed by atoms with Gasteiger partial charge in [0.25, 0.3) is 5.91 Å². The minimum Gasteiger partial charge on any atom is -0.507 e. The van der Waals surface area contributed by atoms with E-state index in [1.54, 1.807) is 37.3 Å². The zero-order valence-corrected chi connectivity index (χ0v) is 14.7. The average molecular weight is 369 g/mol. The van der Waals surface area contributed by atoms with Crippen LogP contribution in [0.4, 0.5) is 5.69 Å². The molecule has 1 heterocycles. The highest BCUT2D eigenvalue weighted by Crippen LogP contribution is 2.43. The van der Waals surface area contributed by atoms with Crippen LogP contribution in [0.15, 0.2) is 48.5 Å². The van der Waals surface area contributed by atoms with Crippen LogP contribution < -0.4 is 4.90 Å². The third-order valence-corrected chi connectivity index (χ3v) is 4.45. The predicted molar refractivity (Wildman–Crippen MR) is 96.4 cm³/mol. The van der Waals surface area contributed by atoms with E-state index in [0.717, 1.165) is 4.90 Å². The van der Waals surface area contributed by atoms with E-state index in [2.05, 4.69) is 0 Å². The maximum Gasteiger partial charge on any atom is 0.326 e. The highest BCUT2D eigenvalue weighted by molar-refractivity contribution is 6.12. The quantitative estimate of drug-likeness (QED) is 0.594. The molecule has 7 heteroatoms. The molecule has 0 aromatic heterocycles. The molecule has 2 N–H and O–H groups in total. The Bertz CT molecular complexity index is 909. The standard InChI is InChI=1S/C20H19NO6/c1-2-27-18(24)12-21-15-9-5-4-8-14(15)20(26,19(21)25)11-17(23)13-7-3-6-10-16(13)22/h3-10,22,26H,2,11-12H2,1H3/t20-/m0/s1. The van der Waals surface area contributed by atoms with Crippen LogP contribution in [0.3, 0.4) is 0 Å². The lowest BCUT2D eigenvalue weighted by molar-refractivity contribution is -0.144. The van der Waals surface area contributed by atoms with Crippen molar-refractivity contribution in [2.45, 2.75) is 18.9 Å². The van der Waals surface area contributed by atoms with Gasteiger partial charge in [0.2, 0.25) is 0 Å². The Morgan fingerprint density at radius 1 is 1.11 bits per heavy atom. The molecule has 2 aromatic rings. The lowest BCUT2D eigenvalue weighted by Crippen LogP contribution is -2.44. The summed E-state index contributed by atoms with van der Waals surface area (Å²) < 4.78 is 4.89. The number of rotatable bonds is 6. The van der Waals surface area contributed by atoms with Crippen LogP contribution in [0.2, 0.25) is 0 Å². The number of benzene rings is 2. The van der Waals surface area contributed by atoms with E-state index in [1.807, 2.05) is 0 Å². The second-order valence-electron chi connectivity index (χ2n) is 6.19. The Morgan fingerprint density at radius 2 is 1.78 bits per heavy atom. The highest BCUT2D eigenvalue weighted by atomic mass is 16.5. The Labute approximate surface area is 155 Å². The van der Waals surface area contributed by atoms with Crippen molar-refractivity contribution in [2.24, 2.45) is 0 Å². The number of ether oxygens (including phenoxy) is 1. The van der Waals surface area contributed by atoms with Crippen LogP contribution in [0.1, 0.15) is 29.3 Å². The molecule has 1 aliphatic rings. The molecule has 140 valence electrons. The summed E-state index contributed by atoms with van der Waals surface area (Å²) in [4.78, 5) is 38.5. The number of esters is 1. The number of hydrogen-bond donors (Lipinski definition) is 2. The number of ketones is 1. The van der Waals surface area contributed by atoms with Gasteiger partial charge >= 0.3 is 5.97 Å². The van der Waals surface area contributed by atoms with Gasteiger partial charge in [0.15, 0.2) is 11.4 Å². The van der Waals surface area contributed by atoms with E-state index < -0.39 is 29.7 Å². The number of Topliss-reactive ketones (excluding diaryl/α,β-unsaturated/α-hetero) is 1. The van der Waals surface area contributed by atoms with Gasteiger partial charge in [0.05, 0.1) is 24.3 Å². The van der Waals surface area contributed by atoms with Crippen LogP contribution in [-0.4, -0.2) is 41.0 Å². The van der Waals surface area contributed by atoms with Crippen LogP contribution in [-0.2, 0) is 19.9 Å². The van der Waals surface area contributed by atoms with Crippen LogP contribution in [0, 0.1) is 0 Å². The van der Waals surface area contributed by atoms with Crippen molar-refractivity contribution in [1.82, 2.24) is 0 Å². The average Bonchev–Trinajstić information content (AvgIpc) is 2.84. The highest BCUT2D eigenvalue weighted by Gasteiger charge is 2.51. The number of phenols is 1. The Balaban J connectivity index is 1.95. The molecule has 2 aromatic carbocycles. The van der Waals surface area contributed by atoms with Crippen molar-refractivity contribution in [3.8, 4) is 5.75 Å². The monoisotopic (exact) mass is 369 g/mol. The first-order valence-corrected chi connectivity index (χ1v) is 8.49. The number of aromatic hydroxyl groups is 1. The number of aliphatic hydroxyl groups is 1. The fourth-order valence-electron chi connectivity index (χ4n) is 3.21. The van der Waals surface area contributed by atoms with E-state index in [9.17, 15) is 24.6 Å². The van der Waals surface area contributed by atoms with Crippen molar-refractivity contribution in [1.29, 1.82) is 0 Å². The smallest absolute Gasteiger partial charge is 0.326 e. The SMILES string of the molecule is CCOC(=O)CN1C(=O)[C@](O)(CC(=O)c2ccccc2O)c2ccccc21. The first-order chi connectivity index (χ1) is 12.9.